The lowest BCUT2D eigenvalue weighted by atomic mass is 9.78. The van der Waals surface area contributed by atoms with E-state index in [9.17, 15) is 111 Å². The Kier molecular flexibility index (Phi) is 12.3. The molecule has 394 valence electrons. The van der Waals surface area contributed by atoms with Crippen LogP contribution in [0.4, 0.5) is 92.2 Å². The fourth-order valence-electron chi connectivity index (χ4n) is 8.70. The SMILES string of the molecule is Cc1cc(-c2cc3c4c(c(-c5cc(C(F)(F)F)cc(C(F)(F)F)c5)cc5c4c2C(=O)N(Cc2cc(C(F)(F)F)cc(C(F)(F)F)c2)C5=O)C(=O)N(Cc2cc(C(F)(F)F)cc(C(F)(F)F)c2)C3=O)cc(C(F)(F)F)c1. The maximum atomic E-state index is 14.9. The van der Waals surface area contributed by atoms with Gasteiger partial charge in [-0.15, -0.1) is 0 Å². The second-order valence-corrected chi connectivity index (χ2v) is 17.0. The van der Waals surface area contributed by atoms with Crippen molar-refractivity contribution in [3.8, 4) is 22.3 Å². The molecule has 0 atom stereocenters. The molecule has 6 aromatic rings. The summed E-state index contributed by atoms with van der Waals surface area (Å²) in [6.45, 7) is -2.18. The highest BCUT2D eigenvalue weighted by Gasteiger charge is 2.47. The molecule has 2 heterocycles. The van der Waals surface area contributed by atoms with E-state index in [0.29, 0.717) is 24.3 Å². The molecule has 2 aliphatic heterocycles. The molecule has 0 aliphatic carbocycles. The van der Waals surface area contributed by atoms with Gasteiger partial charge in [-0.05, 0) is 125 Å². The Morgan fingerprint density at radius 1 is 0.307 bits per heavy atom. The summed E-state index contributed by atoms with van der Waals surface area (Å²) in [5.41, 5.74) is -25.3. The van der Waals surface area contributed by atoms with Gasteiger partial charge in [-0.25, -0.2) is 0 Å². The highest BCUT2D eigenvalue weighted by molar-refractivity contribution is 6.36. The van der Waals surface area contributed by atoms with Crippen molar-refractivity contribution in [2.24, 2.45) is 0 Å². The number of nitrogens with zero attached hydrogens (tertiary/aromatic N) is 2. The molecule has 4 amide bonds. The van der Waals surface area contributed by atoms with E-state index in [1.54, 1.807) is 0 Å². The highest BCUT2D eigenvalue weighted by atomic mass is 19.4. The Labute approximate surface area is 403 Å². The minimum Gasteiger partial charge on any atom is -0.270 e. The summed E-state index contributed by atoms with van der Waals surface area (Å²) < 4.78 is 297. The summed E-state index contributed by atoms with van der Waals surface area (Å²) >= 11 is 0. The molecule has 0 saturated heterocycles. The smallest absolute Gasteiger partial charge is 0.270 e. The number of hydrogen-bond donors (Lipinski definition) is 0. The maximum Gasteiger partial charge on any atom is 0.416 e. The van der Waals surface area contributed by atoms with Crippen LogP contribution in [0.1, 0.15) is 97.1 Å². The summed E-state index contributed by atoms with van der Waals surface area (Å²) in [4.78, 5) is 58.9. The third-order valence-corrected chi connectivity index (χ3v) is 11.9. The van der Waals surface area contributed by atoms with Crippen molar-refractivity contribution in [3.63, 3.8) is 0 Å². The lowest BCUT2D eigenvalue weighted by Crippen LogP contribution is -2.43. The van der Waals surface area contributed by atoms with Crippen molar-refractivity contribution < 1.29 is 111 Å². The summed E-state index contributed by atoms with van der Waals surface area (Å²) in [5, 5.41) is -2.10. The van der Waals surface area contributed by atoms with Crippen molar-refractivity contribution in [1.29, 1.82) is 0 Å². The van der Waals surface area contributed by atoms with Gasteiger partial charge >= 0.3 is 43.2 Å². The highest BCUT2D eigenvalue weighted by Crippen LogP contribution is 2.50. The molecule has 0 fully saturated rings. The Bertz CT molecular complexity index is 3350. The van der Waals surface area contributed by atoms with Gasteiger partial charge < -0.3 is 0 Å². The third-order valence-electron chi connectivity index (χ3n) is 11.9. The average molecular weight is 1090 g/mol. The van der Waals surface area contributed by atoms with Crippen LogP contribution >= 0.6 is 0 Å². The summed E-state index contributed by atoms with van der Waals surface area (Å²) in [5.74, 6) is -7.42. The quantitative estimate of drug-likeness (QED) is 0.123. The van der Waals surface area contributed by atoms with Crippen molar-refractivity contribution >= 4 is 34.4 Å². The largest absolute Gasteiger partial charge is 0.416 e. The van der Waals surface area contributed by atoms with Crippen LogP contribution in [0, 0.1) is 6.92 Å². The zero-order chi connectivity index (χ0) is 55.8. The van der Waals surface area contributed by atoms with Gasteiger partial charge in [0.25, 0.3) is 23.6 Å². The standard InChI is InChI=1S/C48H21F21N2O4/c1-18-2-21(8-23(3-18)42(49,50)51)30-14-32-35-34-33(39(73)70(40(74)36(30)34)16-19-4-24(43(52,53)54)11-25(5-19)44(55,56)57)15-31(22-9-28(47(64,65)66)13-29(10-22)48(67,68)69)37(35)41(75)71(38(32)72)17-20-6-26(45(58,59)60)12-27(7-20)46(61,62)63/h2-15H,16-17H2,1H3. The first kappa shape index (κ1) is 53.7. The Hall–Kier alpha value is -7.61. The van der Waals surface area contributed by atoms with Crippen molar-refractivity contribution in [3.05, 3.63) is 163 Å². The fraction of sp³-hybridized carbons (Fsp3) is 0.208. The Morgan fingerprint density at radius 3 is 0.840 bits per heavy atom. The van der Waals surface area contributed by atoms with Gasteiger partial charge in [0.1, 0.15) is 0 Å². The van der Waals surface area contributed by atoms with Gasteiger partial charge in [0.15, 0.2) is 0 Å². The molecule has 0 N–H and O–H groups in total. The molecule has 0 bridgehead atoms. The first-order chi connectivity index (χ1) is 34.1. The third kappa shape index (κ3) is 9.94. The van der Waals surface area contributed by atoms with E-state index in [1.165, 1.54) is 0 Å². The molecular weight excluding hydrogens is 1070 g/mol. The normalized spacial score (nSPS) is 15.0. The van der Waals surface area contributed by atoms with Crippen LogP contribution in [0.15, 0.2) is 84.9 Å². The number of halogens is 21. The second-order valence-electron chi connectivity index (χ2n) is 17.0. The van der Waals surface area contributed by atoms with Gasteiger partial charge in [0.2, 0.25) is 0 Å². The molecule has 27 heteroatoms. The van der Waals surface area contributed by atoms with E-state index in [0.717, 1.165) is 13.0 Å². The molecule has 0 spiro atoms. The molecule has 8 rings (SSSR count). The zero-order valence-electron chi connectivity index (χ0n) is 36.5. The van der Waals surface area contributed by atoms with E-state index >= 15 is 0 Å². The summed E-state index contributed by atoms with van der Waals surface area (Å²) in [7, 11) is 0. The van der Waals surface area contributed by atoms with Crippen LogP contribution in [0.3, 0.4) is 0 Å². The minimum absolute atomic E-state index is 0.0274. The number of benzene rings is 6. The minimum atomic E-state index is -5.69. The zero-order valence-corrected chi connectivity index (χ0v) is 36.5. The lowest BCUT2D eigenvalue weighted by Gasteiger charge is -2.35. The monoisotopic (exact) mass is 1090 g/mol. The molecule has 0 radical (unpaired) electrons. The number of carbonyl (C=O) groups excluding carboxylic acids is 4. The number of alkyl halides is 21. The van der Waals surface area contributed by atoms with Crippen LogP contribution in [0.25, 0.3) is 33.0 Å². The Morgan fingerprint density at radius 2 is 0.560 bits per heavy atom. The molecule has 2 aliphatic rings. The van der Waals surface area contributed by atoms with Crippen molar-refractivity contribution in [1.82, 2.24) is 9.80 Å². The summed E-state index contributed by atoms with van der Waals surface area (Å²) in [6, 6.07) is 1.43. The van der Waals surface area contributed by atoms with Gasteiger partial charge in [0, 0.05) is 21.9 Å². The lowest BCUT2D eigenvalue weighted by molar-refractivity contribution is -0.144. The van der Waals surface area contributed by atoms with Crippen LogP contribution < -0.4 is 0 Å². The predicted molar refractivity (Wildman–Crippen MR) is 216 cm³/mol. The fourth-order valence-corrected chi connectivity index (χ4v) is 8.70. The van der Waals surface area contributed by atoms with E-state index < -0.39 is 191 Å². The first-order valence-corrected chi connectivity index (χ1v) is 20.6. The molecule has 75 heavy (non-hydrogen) atoms. The number of carbonyl (C=O) groups is 4. The number of hydrogen-bond acceptors (Lipinski definition) is 4. The number of aryl methyl sites for hydroxylation is 1. The molecule has 0 unspecified atom stereocenters. The molecule has 0 saturated carbocycles. The molecule has 6 aromatic carbocycles. The number of amides is 4. The first-order valence-electron chi connectivity index (χ1n) is 20.6. The van der Waals surface area contributed by atoms with Crippen LogP contribution in [-0.4, -0.2) is 33.4 Å². The summed E-state index contributed by atoms with van der Waals surface area (Å²) in [6.07, 6.45) is -38.9. The van der Waals surface area contributed by atoms with E-state index in [2.05, 4.69) is 0 Å². The van der Waals surface area contributed by atoms with Crippen molar-refractivity contribution in [2.45, 2.75) is 63.2 Å². The van der Waals surface area contributed by atoms with E-state index in [4.69, 9.17) is 0 Å². The van der Waals surface area contributed by atoms with Crippen molar-refractivity contribution in [2.75, 3.05) is 0 Å². The maximum absolute atomic E-state index is 14.9. The van der Waals surface area contributed by atoms with Crippen LogP contribution in [-0.2, 0) is 56.3 Å². The van der Waals surface area contributed by atoms with Crippen LogP contribution in [0.2, 0.25) is 0 Å². The van der Waals surface area contributed by atoms with E-state index in [1.807, 2.05) is 0 Å². The molecular formula is C48H21F21N2O4. The molecule has 0 aromatic heterocycles. The topological polar surface area (TPSA) is 74.8 Å². The van der Waals surface area contributed by atoms with Gasteiger partial charge in [-0.1, -0.05) is 6.07 Å². The molecule has 6 nitrogen and oxygen atoms in total. The van der Waals surface area contributed by atoms with Gasteiger partial charge in [0.05, 0.1) is 63.2 Å². The second kappa shape index (κ2) is 17.2. The van der Waals surface area contributed by atoms with Gasteiger partial charge in [-0.2, -0.15) is 92.2 Å². The number of imide groups is 2. The van der Waals surface area contributed by atoms with Crippen LogP contribution in [0.5, 0.6) is 0 Å². The Balaban J connectivity index is 1.50. The number of rotatable bonds is 6. The van der Waals surface area contributed by atoms with E-state index in [-0.39, 0.29) is 63.9 Å². The van der Waals surface area contributed by atoms with Gasteiger partial charge in [-0.3, -0.25) is 29.0 Å². The predicted octanol–water partition coefficient (Wildman–Crippen LogP) is 15.2. The average Bonchev–Trinajstić information content (AvgIpc) is 3.27.